The number of hydrogen-bond acceptors (Lipinski definition) is 3. The van der Waals surface area contributed by atoms with Crippen molar-refractivity contribution in [3.63, 3.8) is 0 Å². The summed E-state index contributed by atoms with van der Waals surface area (Å²) < 4.78 is 5.76. The average molecular weight is 267 g/mol. The number of nitrogens with one attached hydrogen (secondary N) is 1. The topological polar surface area (TPSA) is 55.1 Å². The van der Waals surface area contributed by atoms with Crippen LogP contribution in [0, 0.1) is 0 Å². The molecular formula is C10H7BrN2O2. The zero-order chi connectivity index (χ0) is 10.7. The fourth-order valence-corrected chi connectivity index (χ4v) is 1.49. The van der Waals surface area contributed by atoms with E-state index < -0.39 is 0 Å². The molecule has 0 aliphatic carbocycles. The molecule has 0 aliphatic heterocycles. The van der Waals surface area contributed by atoms with Crippen LogP contribution >= 0.6 is 15.9 Å². The first-order valence-electron chi connectivity index (χ1n) is 4.21. The van der Waals surface area contributed by atoms with Gasteiger partial charge in [-0.2, -0.15) is 0 Å². The highest BCUT2D eigenvalue weighted by molar-refractivity contribution is 9.10. The molecule has 76 valence electrons. The molecule has 1 aromatic carbocycles. The maximum Gasteiger partial charge on any atom is 0.293 e. The number of hydrogen-bond donors (Lipinski definition) is 1. The number of carbonyl (C=O) groups excluding carboxylic acids is 1. The lowest BCUT2D eigenvalue weighted by atomic mass is 10.3. The number of halogens is 1. The van der Waals surface area contributed by atoms with Gasteiger partial charge in [-0.1, -0.05) is 22.0 Å². The Labute approximate surface area is 94.4 Å². The molecule has 0 atom stereocenters. The molecule has 0 fully saturated rings. The second kappa shape index (κ2) is 4.27. The Bertz CT molecular complexity index is 468. The van der Waals surface area contributed by atoms with Crippen LogP contribution in [0.5, 0.6) is 0 Å². The lowest BCUT2D eigenvalue weighted by Crippen LogP contribution is -2.10. The summed E-state index contributed by atoms with van der Waals surface area (Å²) in [5.41, 5.74) is 0.700. The quantitative estimate of drug-likeness (QED) is 0.910. The fraction of sp³-hybridized carbons (Fsp3) is 0. The molecule has 0 saturated carbocycles. The summed E-state index contributed by atoms with van der Waals surface area (Å²) in [6.07, 6.45) is 2.59. The number of nitrogens with zero attached hydrogens (tertiary/aromatic N) is 1. The molecule has 0 unspecified atom stereocenters. The molecule has 0 bridgehead atoms. The van der Waals surface area contributed by atoms with Crippen molar-refractivity contribution in [1.82, 2.24) is 4.98 Å². The lowest BCUT2D eigenvalue weighted by Gasteiger charge is -2.02. The first-order chi connectivity index (χ1) is 7.25. The molecule has 2 aromatic rings. The normalized spacial score (nSPS) is 9.93. The molecule has 0 saturated heterocycles. The molecule has 0 radical (unpaired) electrons. The Kier molecular flexibility index (Phi) is 2.82. The summed E-state index contributed by atoms with van der Waals surface area (Å²) in [7, 11) is 0. The second-order valence-corrected chi connectivity index (χ2v) is 3.75. The molecule has 1 aromatic heterocycles. The summed E-state index contributed by atoms with van der Waals surface area (Å²) >= 11 is 3.31. The van der Waals surface area contributed by atoms with Crippen LogP contribution in [-0.4, -0.2) is 10.9 Å². The number of oxazole rings is 1. The van der Waals surface area contributed by atoms with Crippen molar-refractivity contribution in [3.8, 4) is 0 Å². The van der Waals surface area contributed by atoms with Gasteiger partial charge in [0.15, 0.2) is 6.39 Å². The lowest BCUT2D eigenvalue weighted by molar-refractivity contribution is 0.0996. The minimum absolute atomic E-state index is 0.190. The second-order valence-electron chi connectivity index (χ2n) is 2.83. The van der Waals surface area contributed by atoms with Gasteiger partial charge >= 0.3 is 0 Å². The van der Waals surface area contributed by atoms with Crippen LogP contribution in [0.2, 0.25) is 0 Å². The maximum atomic E-state index is 11.5. The zero-order valence-electron chi connectivity index (χ0n) is 7.61. The van der Waals surface area contributed by atoms with E-state index in [1.165, 1.54) is 12.6 Å². The van der Waals surface area contributed by atoms with E-state index in [2.05, 4.69) is 26.2 Å². The molecule has 0 aliphatic rings. The minimum Gasteiger partial charge on any atom is -0.438 e. The van der Waals surface area contributed by atoms with Crippen LogP contribution in [0.4, 0.5) is 5.69 Å². The van der Waals surface area contributed by atoms with Gasteiger partial charge in [-0.25, -0.2) is 4.98 Å². The monoisotopic (exact) mass is 266 g/mol. The Morgan fingerprint density at radius 1 is 1.47 bits per heavy atom. The molecule has 1 N–H and O–H groups in total. The predicted molar refractivity (Wildman–Crippen MR) is 58.6 cm³/mol. The van der Waals surface area contributed by atoms with Crippen molar-refractivity contribution < 1.29 is 9.21 Å². The summed E-state index contributed by atoms with van der Waals surface area (Å²) in [6.45, 7) is 0. The largest absolute Gasteiger partial charge is 0.438 e. The van der Waals surface area contributed by atoms with E-state index >= 15 is 0 Å². The van der Waals surface area contributed by atoms with Crippen molar-refractivity contribution in [1.29, 1.82) is 0 Å². The fourth-order valence-electron chi connectivity index (χ4n) is 1.09. The van der Waals surface area contributed by atoms with Crippen molar-refractivity contribution in [2.75, 3.05) is 5.32 Å². The number of aromatic nitrogens is 1. The van der Waals surface area contributed by atoms with Crippen LogP contribution in [0.1, 0.15) is 10.6 Å². The molecule has 4 nitrogen and oxygen atoms in total. The van der Waals surface area contributed by atoms with Crippen molar-refractivity contribution >= 4 is 27.5 Å². The molecule has 15 heavy (non-hydrogen) atoms. The number of anilines is 1. The summed E-state index contributed by atoms with van der Waals surface area (Å²) in [5.74, 6) is -0.124. The van der Waals surface area contributed by atoms with Crippen LogP contribution in [0.15, 0.2) is 45.7 Å². The molecule has 1 amide bonds. The number of rotatable bonds is 2. The molecule has 0 spiro atoms. The van der Waals surface area contributed by atoms with Gasteiger partial charge < -0.3 is 9.73 Å². The van der Waals surface area contributed by atoms with Crippen molar-refractivity contribution in [3.05, 3.63) is 47.1 Å². The third-order valence-electron chi connectivity index (χ3n) is 1.74. The molecule has 1 heterocycles. The van der Waals surface area contributed by atoms with Crippen LogP contribution in [0.25, 0.3) is 0 Å². The Balaban J connectivity index is 2.13. The molecule has 5 heteroatoms. The van der Waals surface area contributed by atoms with Gasteiger partial charge in [0, 0.05) is 10.2 Å². The minimum atomic E-state index is -0.314. The summed E-state index contributed by atoms with van der Waals surface area (Å²) in [6, 6.07) is 7.30. The first kappa shape index (κ1) is 9.92. The smallest absolute Gasteiger partial charge is 0.293 e. The van der Waals surface area contributed by atoms with Gasteiger partial charge in [0.25, 0.3) is 5.91 Å². The Morgan fingerprint density at radius 2 is 2.33 bits per heavy atom. The molecular weight excluding hydrogens is 260 g/mol. The van der Waals surface area contributed by atoms with E-state index in [4.69, 9.17) is 4.42 Å². The van der Waals surface area contributed by atoms with Gasteiger partial charge in [0.05, 0.1) is 6.20 Å². The van der Waals surface area contributed by atoms with Gasteiger partial charge in [-0.05, 0) is 18.2 Å². The Morgan fingerprint density at radius 3 is 3.00 bits per heavy atom. The third kappa shape index (κ3) is 2.44. The van der Waals surface area contributed by atoms with E-state index in [0.29, 0.717) is 5.69 Å². The molecule has 2 rings (SSSR count). The number of carbonyl (C=O) groups is 1. The van der Waals surface area contributed by atoms with E-state index in [1.54, 1.807) is 12.1 Å². The van der Waals surface area contributed by atoms with Gasteiger partial charge in [-0.15, -0.1) is 0 Å². The van der Waals surface area contributed by atoms with Crippen LogP contribution < -0.4 is 5.32 Å². The standard InChI is InChI=1S/C10H7BrN2O2/c11-7-2-1-3-8(4-7)13-10(14)9-5-12-6-15-9/h1-6H,(H,13,14). The average Bonchev–Trinajstić information content (AvgIpc) is 2.70. The highest BCUT2D eigenvalue weighted by Crippen LogP contribution is 2.16. The first-order valence-corrected chi connectivity index (χ1v) is 5.00. The van der Waals surface area contributed by atoms with Gasteiger partial charge in [-0.3, -0.25) is 4.79 Å². The van der Waals surface area contributed by atoms with E-state index in [9.17, 15) is 4.79 Å². The van der Waals surface area contributed by atoms with E-state index in [-0.39, 0.29) is 11.7 Å². The van der Waals surface area contributed by atoms with E-state index in [0.717, 1.165) is 4.47 Å². The van der Waals surface area contributed by atoms with Crippen molar-refractivity contribution in [2.24, 2.45) is 0 Å². The summed E-state index contributed by atoms with van der Waals surface area (Å²) in [4.78, 5) is 15.2. The predicted octanol–water partition coefficient (Wildman–Crippen LogP) is 2.69. The zero-order valence-corrected chi connectivity index (χ0v) is 9.19. The SMILES string of the molecule is O=C(Nc1cccc(Br)c1)c1cnco1. The van der Waals surface area contributed by atoms with Crippen LogP contribution in [0.3, 0.4) is 0 Å². The highest BCUT2D eigenvalue weighted by Gasteiger charge is 2.08. The van der Waals surface area contributed by atoms with E-state index in [1.807, 2.05) is 12.1 Å². The highest BCUT2D eigenvalue weighted by atomic mass is 79.9. The number of amides is 1. The van der Waals surface area contributed by atoms with Gasteiger partial charge in [0.1, 0.15) is 0 Å². The van der Waals surface area contributed by atoms with Gasteiger partial charge in [0.2, 0.25) is 5.76 Å². The number of benzene rings is 1. The summed E-state index contributed by atoms with van der Waals surface area (Å²) in [5, 5.41) is 2.68. The van der Waals surface area contributed by atoms with Crippen molar-refractivity contribution in [2.45, 2.75) is 0 Å². The Hall–Kier alpha value is -1.62. The maximum absolute atomic E-state index is 11.5. The third-order valence-corrected chi connectivity index (χ3v) is 2.23. The van der Waals surface area contributed by atoms with Crippen LogP contribution in [-0.2, 0) is 0 Å².